The number of rotatable bonds is 6. The highest BCUT2D eigenvalue weighted by atomic mass is 32.1. The fourth-order valence-electron chi connectivity index (χ4n) is 1.71. The molecule has 1 heterocycles. The second-order valence-corrected chi connectivity index (χ2v) is 4.96. The summed E-state index contributed by atoms with van der Waals surface area (Å²) in [6, 6.07) is 2.35. The number of nitrogens with zero attached hydrogens (tertiary/aromatic N) is 2. The largest absolute Gasteiger partial charge is 0.493 e. The number of carbonyl (C=O) groups is 1. The lowest BCUT2D eigenvalue weighted by Gasteiger charge is -2.10. The van der Waals surface area contributed by atoms with Crippen LogP contribution in [-0.4, -0.2) is 30.1 Å². The minimum atomic E-state index is -0.831. The predicted octanol–water partition coefficient (Wildman–Crippen LogP) is 2.43. The van der Waals surface area contributed by atoms with E-state index in [1.807, 2.05) is 0 Å². The number of hydrogen-bond acceptors (Lipinski definition) is 8. The van der Waals surface area contributed by atoms with E-state index in [0.29, 0.717) is 5.01 Å². The molecule has 0 bridgehead atoms. The van der Waals surface area contributed by atoms with Gasteiger partial charge < -0.3 is 14.2 Å². The normalized spacial score (nSPS) is 10.1. The molecule has 9 heteroatoms. The van der Waals surface area contributed by atoms with E-state index in [-0.39, 0.29) is 23.7 Å². The zero-order valence-corrected chi connectivity index (χ0v) is 12.6. The monoisotopic (exact) mass is 324 g/mol. The number of esters is 1. The summed E-state index contributed by atoms with van der Waals surface area (Å²) < 4.78 is 15.1. The first-order chi connectivity index (χ1) is 10.6. The summed E-state index contributed by atoms with van der Waals surface area (Å²) >= 11 is 1.32. The van der Waals surface area contributed by atoms with Crippen LogP contribution in [0.15, 0.2) is 23.7 Å². The lowest BCUT2D eigenvalue weighted by atomic mass is 10.1. The molecule has 2 aromatic rings. The lowest BCUT2D eigenvalue weighted by Crippen LogP contribution is -2.09. The molecule has 0 amide bonds. The Morgan fingerprint density at radius 1 is 1.32 bits per heavy atom. The lowest BCUT2D eigenvalue weighted by molar-refractivity contribution is -0.385. The average molecular weight is 324 g/mol. The summed E-state index contributed by atoms with van der Waals surface area (Å²) in [5, 5.41) is 13.5. The van der Waals surface area contributed by atoms with E-state index in [1.165, 1.54) is 31.6 Å². The molecule has 22 heavy (non-hydrogen) atoms. The minimum Gasteiger partial charge on any atom is -0.493 e. The molecular weight excluding hydrogens is 312 g/mol. The van der Waals surface area contributed by atoms with Gasteiger partial charge in [0, 0.05) is 17.6 Å². The first-order valence-electron chi connectivity index (χ1n) is 6.02. The Bertz CT molecular complexity index is 686. The summed E-state index contributed by atoms with van der Waals surface area (Å²) in [4.78, 5) is 26.5. The average Bonchev–Trinajstić information content (AvgIpc) is 3.04. The van der Waals surface area contributed by atoms with Crippen molar-refractivity contribution in [1.29, 1.82) is 0 Å². The Hall–Kier alpha value is -2.68. The molecule has 0 spiro atoms. The van der Waals surface area contributed by atoms with Gasteiger partial charge in [-0.15, -0.1) is 11.3 Å². The molecule has 1 aromatic carbocycles. The summed E-state index contributed by atoms with van der Waals surface area (Å²) in [5.74, 6) is -0.470. The van der Waals surface area contributed by atoms with Crippen molar-refractivity contribution in [3.63, 3.8) is 0 Å². The molecule has 2 rings (SSSR count). The predicted molar refractivity (Wildman–Crippen MR) is 77.4 cm³/mol. The topological polar surface area (TPSA) is 101 Å². The van der Waals surface area contributed by atoms with E-state index in [0.717, 1.165) is 6.07 Å². The summed E-state index contributed by atoms with van der Waals surface area (Å²) in [7, 11) is 2.72. The van der Waals surface area contributed by atoms with Crippen LogP contribution in [-0.2, 0) is 11.3 Å². The van der Waals surface area contributed by atoms with Gasteiger partial charge in [-0.3, -0.25) is 10.1 Å². The number of hydrogen-bond donors (Lipinski definition) is 0. The Labute approximate surface area is 129 Å². The number of nitro benzene ring substituents is 1. The number of aromatic nitrogens is 1. The third-order valence-electron chi connectivity index (χ3n) is 2.73. The van der Waals surface area contributed by atoms with Gasteiger partial charge in [0.1, 0.15) is 17.2 Å². The number of thiazole rings is 1. The Morgan fingerprint density at radius 3 is 2.55 bits per heavy atom. The van der Waals surface area contributed by atoms with Crippen molar-refractivity contribution < 1.29 is 23.9 Å². The van der Waals surface area contributed by atoms with Crippen molar-refractivity contribution in [2.24, 2.45) is 0 Å². The molecule has 1 aromatic heterocycles. The van der Waals surface area contributed by atoms with Crippen LogP contribution in [0.25, 0.3) is 0 Å². The van der Waals surface area contributed by atoms with Crippen molar-refractivity contribution in [1.82, 2.24) is 4.98 Å². The van der Waals surface area contributed by atoms with Crippen molar-refractivity contribution >= 4 is 23.0 Å². The van der Waals surface area contributed by atoms with Gasteiger partial charge in [-0.05, 0) is 0 Å². The molecular formula is C13H12N2O6S. The fourth-order valence-corrected chi connectivity index (χ4v) is 2.24. The molecule has 116 valence electrons. The van der Waals surface area contributed by atoms with Gasteiger partial charge in [0.15, 0.2) is 11.5 Å². The number of nitro groups is 1. The maximum Gasteiger partial charge on any atom is 0.345 e. The highest BCUT2D eigenvalue weighted by Crippen LogP contribution is 2.34. The van der Waals surface area contributed by atoms with Crippen LogP contribution in [0.1, 0.15) is 15.4 Å². The third-order valence-corrected chi connectivity index (χ3v) is 3.48. The molecule has 0 fully saturated rings. The van der Waals surface area contributed by atoms with Crippen LogP contribution in [0, 0.1) is 10.1 Å². The number of methoxy groups -OCH3 is 2. The summed E-state index contributed by atoms with van der Waals surface area (Å²) in [5.41, 5.74) is -0.624. The van der Waals surface area contributed by atoms with E-state index in [9.17, 15) is 14.9 Å². The quantitative estimate of drug-likeness (QED) is 0.457. The highest BCUT2D eigenvalue weighted by molar-refractivity contribution is 7.09. The van der Waals surface area contributed by atoms with Crippen LogP contribution in [0.4, 0.5) is 5.69 Å². The molecule has 0 radical (unpaired) electrons. The van der Waals surface area contributed by atoms with Crippen molar-refractivity contribution in [3.05, 3.63) is 44.4 Å². The van der Waals surface area contributed by atoms with Gasteiger partial charge in [0.25, 0.3) is 5.69 Å². The molecule has 0 aliphatic heterocycles. The van der Waals surface area contributed by atoms with Crippen molar-refractivity contribution in [3.8, 4) is 11.5 Å². The first-order valence-corrected chi connectivity index (χ1v) is 6.90. The molecule has 0 aliphatic carbocycles. The smallest absolute Gasteiger partial charge is 0.345 e. The van der Waals surface area contributed by atoms with Crippen LogP contribution in [0.2, 0.25) is 0 Å². The highest BCUT2D eigenvalue weighted by Gasteiger charge is 2.25. The van der Waals surface area contributed by atoms with Gasteiger partial charge in [0.05, 0.1) is 25.2 Å². The number of carbonyl (C=O) groups excluding carboxylic acids is 1. The molecule has 0 atom stereocenters. The van der Waals surface area contributed by atoms with E-state index < -0.39 is 16.6 Å². The molecule has 0 aliphatic rings. The van der Waals surface area contributed by atoms with E-state index in [4.69, 9.17) is 14.2 Å². The zero-order chi connectivity index (χ0) is 16.1. The molecule has 0 unspecified atom stereocenters. The Balaban J connectivity index is 2.30. The van der Waals surface area contributed by atoms with Crippen LogP contribution in [0.5, 0.6) is 11.5 Å². The molecule has 8 nitrogen and oxygen atoms in total. The molecule has 0 saturated heterocycles. The summed E-state index contributed by atoms with van der Waals surface area (Å²) in [6.45, 7) is -0.0536. The van der Waals surface area contributed by atoms with Crippen LogP contribution < -0.4 is 9.47 Å². The second-order valence-electron chi connectivity index (χ2n) is 3.98. The minimum absolute atomic E-state index is 0.0536. The van der Waals surface area contributed by atoms with Gasteiger partial charge in [-0.25, -0.2) is 9.78 Å². The van der Waals surface area contributed by atoms with E-state index >= 15 is 0 Å². The van der Waals surface area contributed by atoms with Crippen molar-refractivity contribution in [2.45, 2.75) is 6.61 Å². The van der Waals surface area contributed by atoms with Gasteiger partial charge in [-0.1, -0.05) is 0 Å². The molecule has 0 N–H and O–H groups in total. The van der Waals surface area contributed by atoms with Crippen molar-refractivity contribution in [2.75, 3.05) is 14.2 Å². The van der Waals surface area contributed by atoms with Gasteiger partial charge >= 0.3 is 5.97 Å². The number of benzene rings is 1. The standard InChI is InChI=1S/C13H12N2O6S/c1-19-10-5-8(9(15(17)18)6-11(10)20-2)13(16)21-7-12-14-3-4-22-12/h3-6H,7H2,1-2H3. The second kappa shape index (κ2) is 6.85. The van der Waals surface area contributed by atoms with E-state index in [1.54, 1.807) is 11.6 Å². The van der Waals surface area contributed by atoms with Crippen LogP contribution in [0.3, 0.4) is 0 Å². The van der Waals surface area contributed by atoms with Gasteiger partial charge in [0.2, 0.25) is 0 Å². The SMILES string of the molecule is COc1cc(C(=O)OCc2nccs2)c([N+](=O)[O-])cc1OC. The van der Waals surface area contributed by atoms with Gasteiger partial charge in [-0.2, -0.15) is 0 Å². The third kappa shape index (κ3) is 3.31. The first kappa shape index (κ1) is 15.7. The Kier molecular flexibility index (Phi) is 4.89. The van der Waals surface area contributed by atoms with Crippen LogP contribution >= 0.6 is 11.3 Å². The number of ether oxygens (including phenoxy) is 3. The maximum absolute atomic E-state index is 12.1. The Morgan fingerprint density at radius 2 is 2.00 bits per heavy atom. The maximum atomic E-state index is 12.1. The fraction of sp³-hybridized carbons (Fsp3) is 0.231. The molecule has 0 saturated carbocycles. The zero-order valence-electron chi connectivity index (χ0n) is 11.8. The van der Waals surface area contributed by atoms with E-state index in [2.05, 4.69) is 4.98 Å². The summed E-state index contributed by atoms with van der Waals surface area (Å²) in [6.07, 6.45) is 1.58.